The highest BCUT2D eigenvalue weighted by Crippen LogP contribution is 2.23. The zero-order valence-electron chi connectivity index (χ0n) is 11.9. The fraction of sp³-hybridized carbons (Fsp3) is 0.500. The molecule has 0 aliphatic rings. The van der Waals surface area contributed by atoms with Gasteiger partial charge in [-0.15, -0.1) is 0 Å². The first kappa shape index (κ1) is 15.8. The molecule has 0 saturated heterocycles. The van der Waals surface area contributed by atoms with E-state index in [1.807, 2.05) is 32.8 Å². The van der Waals surface area contributed by atoms with Gasteiger partial charge in [0.25, 0.3) is 5.91 Å². The number of benzene rings is 1. The Labute approximate surface area is 119 Å². The Hall–Kier alpha value is -1.26. The van der Waals surface area contributed by atoms with E-state index in [1.54, 1.807) is 17.0 Å². The number of hydrogen-bond donors (Lipinski definition) is 1. The van der Waals surface area contributed by atoms with Gasteiger partial charge in [0.15, 0.2) is 0 Å². The van der Waals surface area contributed by atoms with Crippen molar-refractivity contribution in [1.29, 1.82) is 0 Å². The van der Waals surface area contributed by atoms with Crippen molar-refractivity contribution in [2.75, 3.05) is 27.2 Å². The van der Waals surface area contributed by atoms with E-state index >= 15 is 0 Å². The fourth-order valence-electron chi connectivity index (χ4n) is 2.12. The van der Waals surface area contributed by atoms with E-state index < -0.39 is 0 Å². The third-order valence-corrected chi connectivity index (χ3v) is 3.19. The average Bonchev–Trinajstić information content (AvgIpc) is 2.28. The van der Waals surface area contributed by atoms with Gasteiger partial charge in [-0.2, -0.15) is 0 Å². The Morgan fingerprint density at radius 3 is 2.53 bits per heavy atom. The maximum absolute atomic E-state index is 12.4. The van der Waals surface area contributed by atoms with Crippen molar-refractivity contribution in [3.8, 4) is 5.75 Å². The molecule has 1 unspecified atom stereocenters. The summed E-state index contributed by atoms with van der Waals surface area (Å²) in [5.74, 6) is -0.251. The van der Waals surface area contributed by atoms with E-state index in [-0.39, 0.29) is 23.3 Å². The number of halogens is 1. The van der Waals surface area contributed by atoms with Crippen molar-refractivity contribution in [1.82, 2.24) is 9.80 Å². The molecule has 1 rings (SSSR count). The minimum absolute atomic E-state index is 0.0718. The van der Waals surface area contributed by atoms with Gasteiger partial charge in [0.2, 0.25) is 0 Å². The lowest BCUT2D eigenvalue weighted by atomic mass is 10.1. The summed E-state index contributed by atoms with van der Waals surface area (Å²) in [5, 5.41) is 10.2. The lowest BCUT2D eigenvalue weighted by Crippen LogP contribution is -2.43. The minimum atomic E-state index is -0.175. The van der Waals surface area contributed by atoms with E-state index in [2.05, 4.69) is 0 Å². The van der Waals surface area contributed by atoms with Crippen LogP contribution in [-0.2, 0) is 0 Å². The smallest absolute Gasteiger partial charge is 0.257 e. The molecule has 0 spiro atoms. The first-order chi connectivity index (χ1) is 8.86. The molecule has 0 aromatic heterocycles. The number of hydrogen-bond acceptors (Lipinski definition) is 3. The van der Waals surface area contributed by atoms with Crippen LogP contribution in [0.15, 0.2) is 18.2 Å². The number of phenols is 1. The first-order valence-electron chi connectivity index (χ1n) is 6.31. The zero-order chi connectivity index (χ0) is 14.6. The monoisotopic (exact) mass is 284 g/mol. The van der Waals surface area contributed by atoms with E-state index in [1.165, 1.54) is 6.07 Å². The number of likely N-dealkylation sites (N-methyl/N-ethyl adjacent to an activating group) is 2. The van der Waals surface area contributed by atoms with Crippen LogP contribution in [0.25, 0.3) is 0 Å². The van der Waals surface area contributed by atoms with Gasteiger partial charge < -0.3 is 14.9 Å². The number of nitrogens with zero attached hydrogens (tertiary/aromatic N) is 2. The number of aromatic hydroxyl groups is 1. The Kier molecular flexibility index (Phi) is 5.63. The van der Waals surface area contributed by atoms with Crippen LogP contribution in [0, 0.1) is 0 Å². The molecule has 0 aliphatic carbocycles. The molecule has 0 saturated carbocycles. The number of carbonyl (C=O) groups excluding carboxylic acids is 1. The van der Waals surface area contributed by atoms with Crippen molar-refractivity contribution in [3.05, 3.63) is 28.8 Å². The van der Waals surface area contributed by atoms with Gasteiger partial charge in [0.05, 0.1) is 5.56 Å². The molecule has 0 aliphatic heterocycles. The lowest BCUT2D eigenvalue weighted by Gasteiger charge is -2.30. The van der Waals surface area contributed by atoms with Crippen LogP contribution >= 0.6 is 11.6 Å². The van der Waals surface area contributed by atoms with Gasteiger partial charge in [-0.1, -0.05) is 11.6 Å². The zero-order valence-corrected chi connectivity index (χ0v) is 12.6. The van der Waals surface area contributed by atoms with Gasteiger partial charge in [-0.3, -0.25) is 4.79 Å². The standard InChI is InChI=1S/C14H21ClN2O2/c1-5-17(10(2)9-16(3)4)14(19)12-7-6-11(15)8-13(12)18/h6-8,10,18H,5,9H2,1-4H3. The van der Waals surface area contributed by atoms with Crippen LogP contribution in [0.2, 0.25) is 5.02 Å². The molecule has 1 amide bonds. The van der Waals surface area contributed by atoms with Gasteiger partial charge >= 0.3 is 0 Å². The Morgan fingerprint density at radius 1 is 1.42 bits per heavy atom. The number of phenolic OH excluding ortho intramolecular Hbond substituents is 1. The van der Waals surface area contributed by atoms with Crippen LogP contribution in [0.3, 0.4) is 0 Å². The maximum atomic E-state index is 12.4. The summed E-state index contributed by atoms with van der Waals surface area (Å²) >= 11 is 5.77. The average molecular weight is 285 g/mol. The van der Waals surface area contributed by atoms with E-state index in [4.69, 9.17) is 11.6 Å². The summed E-state index contributed by atoms with van der Waals surface area (Å²) in [4.78, 5) is 16.2. The van der Waals surface area contributed by atoms with E-state index in [0.29, 0.717) is 11.6 Å². The van der Waals surface area contributed by atoms with Crippen LogP contribution in [0.1, 0.15) is 24.2 Å². The molecule has 0 fully saturated rings. The van der Waals surface area contributed by atoms with Crippen molar-refractivity contribution in [2.24, 2.45) is 0 Å². The van der Waals surface area contributed by atoms with Crippen molar-refractivity contribution in [3.63, 3.8) is 0 Å². The lowest BCUT2D eigenvalue weighted by molar-refractivity contribution is 0.0676. The quantitative estimate of drug-likeness (QED) is 0.903. The second-order valence-electron chi connectivity index (χ2n) is 4.86. The van der Waals surface area contributed by atoms with Crippen LogP contribution in [0.5, 0.6) is 5.75 Å². The van der Waals surface area contributed by atoms with Crippen LogP contribution < -0.4 is 0 Å². The third-order valence-electron chi connectivity index (χ3n) is 2.95. The third kappa shape index (κ3) is 4.11. The van der Waals surface area contributed by atoms with E-state index in [0.717, 1.165) is 6.54 Å². The highest BCUT2D eigenvalue weighted by molar-refractivity contribution is 6.30. The summed E-state index contributed by atoms with van der Waals surface area (Å²) in [7, 11) is 3.93. The molecular formula is C14H21ClN2O2. The maximum Gasteiger partial charge on any atom is 0.257 e. The van der Waals surface area contributed by atoms with Gasteiger partial charge in [0.1, 0.15) is 5.75 Å². The summed E-state index contributed by atoms with van der Waals surface area (Å²) in [6.45, 7) is 5.29. The van der Waals surface area contributed by atoms with Gasteiger partial charge in [0, 0.05) is 24.2 Å². The number of carbonyl (C=O) groups is 1. The van der Waals surface area contributed by atoms with Crippen molar-refractivity contribution in [2.45, 2.75) is 19.9 Å². The first-order valence-corrected chi connectivity index (χ1v) is 6.68. The molecule has 106 valence electrons. The predicted molar refractivity (Wildman–Crippen MR) is 77.8 cm³/mol. The molecule has 1 aromatic rings. The highest BCUT2D eigenvalue weighted by Gasteiger charge is 2.22. The van der Waals surface area contributed by atoms with Crippen molar-refractivity contribution >= 4 is 17.5 Å². The molecule has 0 radical (unpaired) electrons. The largest absolute Gasteiger partial charge is 0.507 e. The highest BCUT2D eigenvalue weighted by atomic mass is 35.5. The molecule has 19 heavy (non-hydrogen) atoms. The van der Waals surface area contributed by atoms with Gasteiger partial charge in [-0.25, -0.2) is 0 Å². The number of rotatable bonds is 5. The van der Waals surface area contributed by atoms with Crippen molar-refractivity contribution < 1.29 is 9.90 Å². The van der Waals surface area contributed by atoms with Crippen LogP contribution in [0.4, 0.5) is 0 Å². The topological polar surface area (TPSA) is 43.8 Å². The summed E-state index contributed by atoms with van der Waals surface area (Å²) in [6, 6.07) is 4.63. The molecule has 1 N–H and O–H groups in total. The Balaban J connectivity index is 2.95. The molecule has 0 heterocycles. The molecule has 5 heteroatoms. The Bertz CT molecular complexity index is 449. The van der Waals surface area contributed by atoms with Gasteiger partial charge in [-0.05, 0) is 46.1 Å². The summed E-state index contributed by atoms with van der Waals surface area (Å²) in [5.41, 5.74) is 0.289. The normalized spacial score (nSPS) is 12.5. The predicted octanol–water partition coefficient (Wildman–Crippen LogP) is 2.46. The molecule has 1 aromatic carbocycles. The molecule has 0 bridgehead atoms. The molecule has 1 atom stereocenters. The molecular weight excluding hydrogens is 264 g/mol. The Morgan fingerprint density at radius 2 is 2.05 bits per heavy atom. The number of amides is 1. The second kappa shape index (κ2) is 6.78. The summed E-state index contributed by atoms with van der Waals surface area (Å²) < 4.78 is 0. The second-order valence-corrected chi connectivity index (χ2v) is 5.30. The van der Waals surface area contributed by atoms with Crippen LogP contribution in [-0.4, -0.2) is 54.0 Å². The minimum Gasteiger partial charge on any atom is -0.507 e. The summed E-state index contributed by atoms with van der Waals surface area (Å²) in [6.07, 6.45) is 0. The SMILES string of the molecule is CCN(C(=O)c1ccc(Cl)cc1O)C(C)CN(C)C. The molecule has 4 nitrogen and oxygen atoms in total. The fourth-order valence-corrected chi connectivity index (χ4v) is 2.29. The van der Waals surface area contributed by atoms with E-state index in [9.17, 15) is 9.90 Å².